The first-order chi connectivity index (χ1) is 14.7. The molecular formula is C23H19N5O2. The van der Waals surface area contributed by atoms with Crippen molar-refractivity contribution in [2.45, 2.75) is 13.1 Å². The van der Waals surface area contributed by atoms with Crippen LogP contribution in [0.5, 0.6) is 0 Å². The molecule has 7 heteroatoms. The first-order valence-corrected chi connectivity index (χ1v) is 9.64. The van der Waals surface area contributed by atoms with E-state index >= 15 is 0 Å². The minimum Gasteiger partial charge on any atom is -0.314 e. The summed E-state index contributed by atoms with van der Waals surface area (Å²) in [6.45, 7) is 0.782. The number of fused-ring (bicyclic) bond motifs is 2. The number of nitrogens with zero attached hydrogens (tertiary/aromatic N) is 2. The monoisotopic (exact) mass is 397 g/mol. The molecule has 0 bridgehead atoms. The zero-order valence-corrected chi connectivity index (χ0v) is 16.1. The molecule has 0 spiro atoms. The molecule has 0 saturated heterocycles. The summed E-state index contributed by atoms with van der Waals surface area (Å²) in [6.07, 6.45) is 0. The number of carbonyl (C=O) groups is 2. The van der Waals surface area contributed by atoms with Gasteiger partial charge in [-0.05, 0) is 35.0 Å². The van der Waals surface area contributed by atoms with E-state index in [0.717, 1.165) is 27.7 Å². The molecule has 0 saturated carbocycles. The third-order valence-corrected chi connectivity index (χ3v) is 5.21. The number of benzene rings is 3. The minimum absolute atomic E-state index is 0.197. The summed E-state index contributed by atoms with van der Waals surface area (Å²) in [7, 11) is 0. The summed E-state index contributed by atoms with van der Waals surface area (Å²) in [4.78, 5) is 27.0. The third kappa shape index (κ3) is 3.37. The average molecular weight is 397 g/mol. The lowest BCUT2D eigenvalue weighted by molar-refractivity contribution is 0.102. The zero-order chi connectivity index (χ0) is 20.5. The van der Waals surface area contributed by atoms with Crippen LogP contribution in [0.2, 0.25) is 0 Å². The lowest BCUT2D eigenvalue weighted by Crippen LogP contribution is -2.30. The molecule has 0 aliphatic carbocycles. The van der Waals surface area contributed by atoms with Crippen molar-refractivity contribution in [3.63, 3.8) is 0 Å². The van der Waals surface area contributed by atoms with Crippen molar-refractivity contribution in [2.24, 2.45) is 0 Å². The van der Waals surface area contributed by atoms with Crippen LogP contribution in [0, 0.1) is 0 Å². The van der Waals surface area contributed by atoms with Crippen LogP contribution in [0.3, 0.4) is 0 Å². The molecule has 148 valence electrons. The fourth-order valence-corrected chi connectivity index (χ4v) is 3.62. The molecule has 4 aromatic rings. The number of carbonyl (C=O) groups excluding carboxylic acids is 2. The molecule has 1 aliphatic heterocycles. The van der Waals surface area contributed by atoms with Crippen LogP contribution in [0.15, 0.2) is 72.8 Å². The lowest BCUT2D eigenvalue weighted by atomic mass is 10.1. The smallest absolute Gasteiger partial charge is 0.314 e. The molecular weight excluding hydrogens is 378 g/mol. The van der Waals surface area contributed by atoms with Crippen molar-refractivity contribution in [2.75, 3.05) is 10.6 Å². The Hall–Kier alpha value is -4.13. The highest BCUT2D eigenvalue weighted by Gasteiger charge is 2.29. The molecule has 0 atom stereocenters. The van der Waals surface area contributed by atoms with E-state index in [1.54, 1.807) is 11.0 Å². The standard InChI is InChI=1S/C23H19N5O2/c29-22(17-11-10-15-6-4-5-7-16(15)12-17)25-21-19-13-28(14-20(19)26-27-21)23(30)24-18-8-2-1-3-9-18/h1-12H,13-14H2,(H,24,30)(H2,25,26,27,29). The van der Waals surface area contributed by atoms with Gasteiger partial charge >= 0.3 is 6.03 Å². The summed E-state index contributed by atoms with van der Waals surface area (Å²) in [5.41, 5.74) is 2.95. The largest absolute Gasteiger partial charge is 0.322 e. The minimum atomic E-state index is -0.234. The van der Waals surface area contributed by atoms with E-state index in [0.29, 0.717) is 24.5 Å². The lowest BCUT2D eigenvalue weighted by Gasteiger charge is -2.16. The van der Waals surface area contributed by atoms with Crippen molar-refractivity contribution in [1.82, 2.24) is 15.1 Å². The number of aromatic amines is 1. The Labute approximate surface area is 172 Å². The maximum absolute atomic E-state index is 12.8. The highest BCUT2D eigenvalue weighted by atomic mass is 16.2. The molecule has 1 aliphatic rings. The van der Waals surface area contributed by atoms with Gasteiger partial charge in [-0.15, -0.1) is 0 Å². The second-order valence-electron chi connectivity index (χ2n) is 7.20. The van der Waals surface area contributed by atoms with Gasteiger partial charge in [-0.1, -0.05) is 48.5 Å². The average Bonchev–Trinajstić information content (AvgIpc) is 3.36. The van der Waals surface area contributed by atoms with E-state index < -0.39 is 0 Å². The second kappa shape index (κ2) is 7.36. The van der Waals surface area contributed by atoms with Crippen LogP contribution in [0.4, 0.5) is 16.3 Å². The second-order valence-corrected chi connectivity index (χ2v) is 7.20. The van der Waals surface area contributed by atoms with E-state index in [-0.39, 0.29) is 11.9 Å². The maximum Gasteiger partial charge on any atom is 0.322 e. The van der Waals surface area contributed by atoms with E-state index in [9.17, 15) is 9.59 Å². The van der Waals surface area contributed by atoms with Gasteiger partial charge in [0.1, 0.15) is 0 Å². The number of hydrogen-bond acceptors (Lipinski definition) is 3. The van der Waals surface area contributed by atoms with E-state index in [1.165, 1.54) is 0 Å². The summed E-state index contributed by atoms with van der Waals surface area (Å²) in [5.74, 6) is 0.223. The Morgan fingerprint density at radius 2 is 1.63 bits per heavy atom. The van der Waals surface area contributed by atoms with Gasteiger partial charge in [-0.2, -0.15) is 5.10 Å². The van der Waals surface area contributed by atoms with Gasteiger partial charge in [0.15, 0.2) is 5.82 Å². The normalized spacial score (nSPS) is 12.6. The number of amides is 3. The number of rotatable bonds is 3. The van der Waals surface area contributed by atoms with E-state index in [2.05, 4.69) is 20.8 Å². The first kappa shape index (κ1) is 17.9. The molecule has 7 nitrogen and oxygen atoms in total. The molecule has 3 N–H and O–H groups in total. The van der Waals surface area contributed by atoms with Gasteiger partial charge < -0.3 is 15.5 Å². The van der Waals surface area contributed by atoms with Crippen LogP contribution in [0.1, 0.15) is 21.6 Å². The Morgan fingerprint density at radius 3 is 2.47 bits per heavy atom. The van der Waals surface area contributed by atoms with Crippen LogP contribution >= 0.6 is 0 Å². The topological polar surface area (TPSA) is 90.1 Å². The molecule has 0 unspecified atom stereocenters. The number of urea groups is 1. The first-order valence-electron chi connectivity index (χ1n) is 9.64. The van der Waals surface area contributed by atoms with Crippen LogP contribution in [-0.2, 0) is 13.1 Å². The van der Waals surface area contributed by atoms with Crippen LogP contribution < -0.4 is 10.6 Å². The molecule has 3 amide bonds. The number of aromatic nitrogens is 2. The van der Waals surface area contributed by atoms with Crippen molar-refractivity contribution in [3.8, 4) is 0 Å². The Bertz CT molecular complexity index is 1250. The maximum atomic E-state index is 12.8. The Morgan fingerprint density at radius 1 is 0.867 bits per heavy atom. The third-order valence-electron chi connectivity index (χ3n) is 5.21. The van der Waals surface area contributed by atoms with Gasteiger partial charge in [-0.3, -0.25) is 9.89 Å². The molecule has 30 heavy (non-hydrogen) atoms. The quantitative estimate of drug-likeness (QED) is 0.480. The Balaban J connectivity index is 1.29. The number of hydrogen-bond donors (Lipinski definition) is 3. The summed E-state index contributed by atoms with van der Waals surface area (Å²) in [5, 5.41) is 15.0. The molecule has 3 aromatic carbocycles. The van der Waals surface area contributed by atoms with Crippen molar-refractivity contribution in [1.29, 1.82) is 0 Å². The number of para-hydroxylation sites is 1. The SMILES string of the molecule is O=C(Nc1n[nH]c2c1CN(C(=O)Nc1ccccc1)C2)c1ccc2ccccc2c1. The number of H-pyrrole nitrogens is 1. The van der Waals surface area contributed by atoms with Crippen LogP contribution in [-0.4, -0.2) is 27.0 Å². The van der Waals surface area contributed by atoms with Gasteiger partial charge in [0.25, 0.3) is 5.91 Å². The predicted molar refractivity (Wildman–Crippen MR) is 115 cm³/mol. The highest BCUT2D eigenvalue weighted by molar-refractivity contribution is 6.06. The summed E-state index contributed by atoms with van der Waals surface area (Å²) >= 11 is 0. The van der Waals surface area contributed by atoms with Gasteiger partial charge in [-0.25, -0.2) is 4.79 Å². The summed E-state index contributed by atoms with van der Waals surface area (Å²) < 4.78 is 0. The predicted octanol–water partition coefficient (Wildman–Crippen LogP) is 4.36. The molecule has 0 radical (unpaired) electrons. The summed E-state index contributed by atoms with van der Waals surface area (Å²) in [6, 6.07) is 22.6. The molecule has 0 fully saturated rings. The van der Waals surface area contributed by atoms with Crippen molar-refractivity contribution >= 4 is 34.2 Å². The van der Waals surface area contributed by atoms with Gasteiger partial charge in [0, 0.05) is 16.8 Å². The van der Waals surface area contributed by atoms with Gasteiger partial charge in [0.05, 0.1) is 18.8 Å². The fourth-order valence-electron chi connectivity index (χ4n) is 3.62. The van der Waals surface area contributed by atoms with Crippen LogP contribution in [0.25, 0.3) is 10.8 Å². The molecule has 2 heterocycles. The highest BCUT2D eigenvalue weighted by Crippen LogP contribution is 2.28. The number of anilines is 2. The molecule has 1 aromatic heterocycles. The van der Waals surface area contributed by atoms with E-state index in [4.69, 9.17) is 0 Å². The fraction of sp³-hybridized carbons (Fsp3) is 0.0870. The number of nitrogens with one attached hydrogen (secondary N) is 3. The van der Waals surface area contributed by atoms with Crippen molar-refractivity contribution in [3.05, 3.63) is 89.6 Å². The zero-order valence-electron chi connectivity index (χ0n) is 16.1. The van der Waals surface area contributed by atoms with E-state index in [1.807, 2.05) is 66.7 Å². The van der Waals surface area contributed by atoms with Crippen molar-refractivity contribution < 1.29 is 9.59 Å². The Kier molecular flexibility index (Phi) is 4.40. The molecule has 5 rings (SSSR count). The van der Waals surface area contributed by atoms with Gasteiger partial charge in [0.2, 0.25) is 0 Å².